The Morgan fingerprint density at radius 2 is 1.79 bits per heavy atom. The molecule has 2 N–H and O–H groups in total. The van der Waals surface area contributed by atoms with Crippen molar-refractivity contribution in [3.05, 3.63) is 0 Å². The lowest BCUT2D eigenvalue weighted by Gasteiger charge is -2.09. The smallest absolute Gasteiger partial charge is 0.322 e. The van der Waals surface area contributed by atoms with E-state index >= 15 is 0 Å². The number of methoxy groups -OCH3 is 1. The predicted molar refractivity (Wildman–Crippen MR) is 74.7 cm³/mol. The summed E-state index contributed by atoms with van der Waals surface area (Å²) < 4.78 is 10.5. The average Bonchev–Trinajstić information content (AvgIpc) is 2.38. The summed E-state index contributed by atoms with van der Waals surface area (Å²) >= 11 is 0. The van der Waals surface area contributed by atoms with Crippen molar-refractivity contribution in [2.24, 2.45) is 5.92 Å². The molecule has 0 bridgehead atoms. The fraction of sp³-hybridized carbons (Fsp3) is 0.750. The molecule has 0 fully saturated rings. The van der Waals surface area contributed by atoms with Gasteiger partial charge in [0.1, 0.15) is 0 Å². The maximum absolute atomic E-state index is 5.47. The summed E-state index contributed by atoms with van der Waals surface area (Å²) in [6.07, 6.45) is 0. The van der Waals surface area contributed by atoms with Crippen LogP contribution in [0.15, 0.2) is 0 Å². The van der Waals surface area contributed by atoms with E-state index in [1.807, 2.05) is 6.92 Å². The topological polar surface area (TPSA) is 81.2 Å². The van der Waals surface area contributed by atoms with Gasteiger partial charge in [0.05, 0.1) is 13.7 Å². The van der Waals surface area contributed by atoms with Gasteiger partial charge in [-0.2, -0.15) is 15.0 Å². The molecule has 0 saturated carbocycles. The van der Waals surface area contributed by atoms with Crippen LogP contribution in [-0.4, -0.2) is 48.4 Å². The van der Waals surface area contributed by atoms with Gasteiger partial charge in [-0.3, -0.25) is 0 Å². The van der Waals surface area contributed by atoms with E-state index in [2.05, 4.69) is 39.4 Å². The van der Waals surface area contributed by atoms with Crippen LogP contribution in [0.25, 0.3) is 0 Å². The monoisotopic (exact) mass is 269 g/mol. The van der Waals surface area contributed by atoms with Gasteiger partial charge in [0.15, 0.2) is 0 Å². The third-order valence-electron chi connectivity index (χ3n) is 2.11. The molecule has 1 aromatic rings. The van der Waals surface area contributed by atoms with Gasteiger partial charge in [-0.25, -0.2) is 0 Å². The van der Waals surface area contributed by atoms with E-state index in [4.69, 9.17) is 9.47 Å². The Kier molecular flexibility index (Phi) is 6.88. The third-order valence-corrected chi connectivity index (χ3v) is 2.11. The minimum absolute atomic E-state index is 0.288. The van der Waals surface area contributed by atoms with Crippen molar-refractivity contribution in [2.45, 2.75) is 20.8 Å². The number of hydrogen-bond acceptors (Lipinski definition) is 7. The Hall–Kier alpha value is -1.63. The van der Waals surface area contributed by atoms with Gasteiger partial charge < -0.3 is 20.1 Å². The molecule has 108 valence electrons. The summed E-state index contributed by atoms with van der Waals surface area (Å²) in [5, 5.41) is 6.11. The van der Waals surface area contributed by atoms with Crippen molar-refractivity contribution in [2.75, 3.05) is 44.0 Å². The molecule has 0 saturated heterocycles. The zero-order valence-corrected chi connectivity index (χ0v) is 12.1. The average molecular weight is 269 g/mol. The number of aromatic nitrogens is 3. The molecule has 1 heterocycles. The molecular weight excluding hydrogens is 246 g/mol. The molecule has 0 spiro atoms. The maximum atomic E-state index is 5.47. The highest BCUT2D eigenvalue weighted by molar-refractivity contribution is 5.35. The Morgan fingerprint density at radius 3 is 2.37 bits per heavy atom. The molecule has 19 heavy (non-hydrogen) atoms. The van der Waals surface area contributed by atoms with Gasteiger partial charge in [-0.05, 0) is 12.8 Å². The van der Waals surface area contributed by atoms with Crippen LogP contribution in [0.4, 0.5) is 11.9 Å². The van der Waals surface area contributed by atoms with E-state index in [-0.39, 0.29) is 6.01 Å². The second-order valence-corrected chi connectivity index (χ2v) is 4.40. The van der Waals surface area contributed by atoms with E-state index in [0.717, 1.165) is 13.2 Å². The van der Waals surface area contributed by atoms with E-state index in [1.165, 1.54) is 7.11 Å². The number of nitrogens with one attached hydrogen (secondary N) is 2. The summed E-state index contributed by atoms with van der Waals surface area (Å²) in [4.78, 5) is 12.4. The van der Waals surface area contributed by atoms with Crippen LogP contribution in [0, 0.1) is 5.92 Å². The van der Waals surface area contributed by atoms with E-state index in [1.54, 1.807) is 0 Å². The highest BCUT2D eigenvalue weighted by Crippen LogP contribution is 2.10. The zero-order valence-electron chi connectivity index (χ0n) is 12.1. The van der Waals surface area contributed by atoms with Gasteiger partial charge in [0.25, 0.3) is 0 Å². The normalized spacial score (nSPS) is 10.6. The van der Waals surface area contributed by atoms with Crippen molar-refractivity contribution in [1.82, 2.24) is 15.0 Å². The predicted octanol–water partition coefficient (Wildman–Crippen LogP) is 1.40. The molecule has 7 heteroatoms. The van der Waals surface area contributed by atoms with Crippen LogP contribution in [-0.2, 0) is 4.74 Å². The van der Waals surface area contributed by atoms with Gasteiger partial charge in [-0.1, -0.05) is 13.8 Å². The van der Waals surface area contributed by atoms with Crippen molar-refractivity contribution in [1.29, 1.82) is 0 Å². The molecule has 0 aliphatic carbocycles. The van der Waals surface area contributed by atoms with Gasteiger partial charge in [-0.15, -0.1) is 0 Å². The SMILES string of the molecule is CCNc1nc(NCCOCC(C)C)nc(OC)n1. The van der Waals surface area contributed by atoms with E-state index in [0.29, 0.717) is 31.0 Å². The van der Waals surface area contributed by atoms with Crippen LogP contribution in [0.2, 0.25) is 0 Å². The molecule has 0 atom stereocenters. The first-order valence-corrected chi connectivity index (χ1v) is 6.51. The molecule has 0 aliphatic heterocycles. The molecule has 0 radical (unpaired) electrons. The maximum Gasteiger partial charge on any atom is 0.322 e. The van der Waals surface area contributed by atoms with E-state index in [9.17, 15) is 0 Å². The standard InChI is InChI=1S/C12H23N5O2/c1-5-13-10-15-11(17-12(16-10)18-4)14-6-7-19-8-9(2)3/h9H,5-8H2,1-4H3,(H2,13,14,15,16,17). The Bertz CT molecular complexity index is 373. The summed E-state index contributed by atoms with van der Waals surface area (Å²) in [6.45, 7) is 8.96. The molecular formula is C12H23N5O2. The molecule has 1 rings (SSSR count). The van der Waals surface area contributed by atoms with Crippen LogP contribution >= 0.6 is 0 Å². The fourth-order valence-electron chi connectivity index (χ4n) is 1.32. The molecule has 0 amide bonds. The lowest BCUT2D eigenvalue weighted by Crippen LogP contribution is -2.15. The molecule has 0 aliphatic rings. The number of rotatable bonds is 9. The number of ether oxygens (including phenoxy) is 2. The second-order valence-electron chi connectivity index (χ2n) is 4.40. The summed E-state index contributed by atoms with van der Waals surface area (Å²) in [6, 6.07) is 0.288. The largest absolute Gasteiger partial charge is 0.467 e. The van der Waals surface area contributed by atoms with Crippen molar-refractivity contribution < 1.29 is 9.47 Å². The minimum Gasteiger partial charge on any atom is -0.467 e. The highest BCUT2D eigenvalue weighted by atomic mass is 16.5. The summed E-state index contributed by atoms with van der Waals surface area (Å²) in [5.41, 5.74) is 0. The molecule has 0 aromatic carbocycles. The first kappa shape index (κ1) is 15.4. The first-order valence-electron chi connectivity index (χ1n) is 6.51. The fourth-order valence-corrected chi connectivity index (χ4v) is 1.32. The Balaban J connectivity index is 2.45. The first-order chi connectivity index (χ1) is 9.15. The Morgan fingerprint density at radius 1 is 1.11 bits per heavy atom. The van der Waals surface area contributed by atoms with Crippen molar-refractivity contribution in [3.63, 3.8) is 0 Å². The molecule has 7 nitrogen and oxygen atoms in total. The van der Waals surface area contributed by atoms with Crippen LogP contribution in [0.1, 0.15) is 20.8 Å². The number of anilines is 2. The molecule has 0 unspecified atom stereocenters. The van der Waals surface area contributed by atoms with Crippen LogP contribution < -0.4 is 15.4 Å². The summed E-state index contributed by atoms with van der Waals surface area (Å²) in [5.74, 6) is 1.52. The van der Waals surface area contributed by atoms with Crippen molar-refractivity contribution in [3.8, 4) is 6.01 Å². The number of hydrogen-bond donors (Lipinski definition) is 2. The lowest BCUT2D eigenvalue weighted by molar-refractivity contribution is 0.118. The third kappa shape index (κ3) is 6.19. The van der Waals surface area contributed by atoms with Gasteiger partial charge in [0.2, 0.25) is 11.9 Å². The molecule has 1 aromatic heterocycles. The summed E-state index contributed by atoms with van der Waals surface area (Å²) in [7, 11) is 1.53. The number of nitrogens with zero attached hydrogens (tertiary/aromatic N) is 3. The van der Waals surface area contributed by atoms with Gasteiger partial charge >= 0.3 is 6.01 Å². The van der Waals surface area contributed by atoms with Crippen molar-refractivity contribution >= 4 is 11.9 Å². The Labute approximate surface area is 114 Å². The van der Waals surface area contributed by atoms with E-state index < -0.39 is 0 Å². The minimum atomic E-state index is 0.288. The highest BCUT2D eigenvalue weighted by Gasteiger charge is 2.05. The lowest BCUT2D eigenvalue weighted by atomic mass is 10.2. The second kappa shape index (κ2) is 8.47. The van der Waals surface area contributed by atoms with Gasteiger partial charge in [0, 0.05) is 19.7 Å². The quantitative estimate of drug-likeness (QED) is 0.656. The van der Waals surface area contributed by atoms with Crippen LogP contribution in [0.5, 0.6) is 6.01 Å². The zero-order chi connectivity index (χ0) is 14.1. The van der Waals surface area contributed by atoms with Crippen LogP contribution in [0.3, 0.4) is 0 Å².